The molecular formula is C20H29N3O2. The monoisotopic (exact) mass is 343 g/mol. The molecule has 0 spiro atoms. The SMILES string of the molecule is C[C@H]1CN(C(C)(C)CNC(=O)Cc2c[nH]c3ccccc23)C[C@H](C)O1. The first-order valence-corrected chi connectivity index (χ1v) is 9.07. The number of carbonyl (C=O) groups is 1. The minimum Gasteiger partial charge on any atom is -0.373 e. The van der Waals surface area contributed by atoms with Gasteiger partial charge in [0.2, 0.25) is 5.91 Å². The van der Waals surface area contributed by atoms with Crippen LogP contribution >= 0.6 is 0 Å². The number of ether oxygens (including phenoxy) is 1. The van der Waals surface area contributed by atoms with E-state index >= 15 is 0 Å². The molecule has 5 nitrogen and oxygen atoms in total. The number of H-pyrrole nitrogens is 1. The quantitative estimate of drug-likeness (QED) is 0.878. The summed E-state index contributed by atoms with van der Waals surface area (Å²) in [4.78, 5) is 18.1. The van der Waals surface area contributed by atoms with Crippen LogP contribution in [0.5, 0.6) is 0 Å². The third-order valence-electron chi connectivity index (χ3n) is 5.02. The molecule has 0 saturated carbocycles. The number of morpholine rings is 1. The molecule has 2 atom stereocenters. The van der Waals surface area contributed by atoms with Crippen molar-refractivity contribution in [3.8, 4) is 0 Å². The van der Waals surface area contributed by atoms with Crippen molar-refractivity contribution >= 4 is 16.8 Å². The van der Waals surface area contributed by atoms with Gasteiger partial charge in [-0.2, -0.15) is 0 Å². The van der Waals surface area contributed by atoms with Crippen molar-refractivity contribution in [2.45, 2.75) is 51.9 Å². The molecule has 1 fully saturated rings. The van der Waals surface area contributed by atoms with E-state index in [1.54, 1.807) is 0 Å². The number of benzene rings is 1. The molecule has 2 heterocycles. The lowest BCUT2D eigenvalue weighted by Crippen LogP contribution is -2.58. The van der Waals surface area contributed by atoms with Crippen LogP contribution < -0.4 is 5.32 Å². The summed E-state index contributed by atoms with van der Waals surface area (Å²) in [5.74, 6) is 0.0622. The maximum Gasteiger partial charge on any atom is 0.224 e. The maximum absolute atomic E-state index is 12.4. The Bertz CT molecular complexity index is 727. The van der Waals surface area contributed by atoms with Crippen LogP contribution in [0.15, 0.2) is 30.5 Å². The molecule has 1 aromatic carbocycles. The molecule has 5 heteroatoms. The number of hydrogen-bond acceptors (Lipinski definition) is 3. The van der Waals surface area contributed by atoms with Gasteiger partial charge in [0.05, 0.1) is 18.6 Å². The number of nitrogens with one attached hydrogen (secondary N) is 2. The lowest BCUT2D eigenvalue weighted by Gasteiger charge is -2.45. The molecule has 2 N–H and O–H groups in total. The highest BCUT2D eigenvalue weighted by molar-refractivity contribution is 5.88. The molecule has 1 saturated heterocycles. The molecular weight excluding hydrogens is 314 g/mol. The maximum atomic E-state index is 12.4. The van der Waals surface area contributed by atoms with E-state index in [2.05, 4.69) is 49.0 Å². The summed E-state index contributed by atoms with van der Waals surface area (Å²) in [6.45, 7) is 11.0. The molecule has 1 aromatic heterocycles. The van der Waals surface area contributed by atoms with E-state index in [9.17, 15) is 4.79 Å². The predicted octanol–water partition coefficient (Wildman–Crippen LogP) is 2.71. The minimum atomic E-state index is -0.0951. The van der Waals surface area contributed by atoms with Gasteiger partial charge in [-0.05, 0) is 39.3 Å². The second-order valence-corrected chi connectivity index (χ2v) is 7.79. The third kappa shape index (κ3) is 4.22. The minimum absolute atomic E-state index is 0.0622. The van der Waals surface area contributed by atoms with Crippen molar-refractivity contribution in [1.82, 2.24) is 15.2 Å². The zero-order valence-corrected chi connectivity index (χ0v) is 15.6. The third-order valence-corrected chi connectivity index (χ3v) is 5.02. The van der Waals surface area contributed by atoms with Crippen molar-refractivity contribution < 1.29 is 9.53 Å². The Labute approximate surface area is 149 Å². The van der Waals surface area contributed by atoms with Gasteiger partial charge in [0.25, 0.3) is 0 Å². The summed E-state index contributed by atoms with van der Waals surface area (Å²) in [5.41, 5.74) is 2.02. The van der Waals surface area contributed by atoms with Crippen LogP contribution in [-0.4, -0.2) is 53.2 Å². The lowest BCUT2D eigenvalue weighted by atomic mass is 10.00. The Morgan fingerprint density at radius 3 is 2.68 bits per heavy atom. The first-order valence-electron chi connectivity index (χ1n) is 9.07. The second kappa shape index (κ2) is 7.18. The summed E-state index contributed by atoms with van der Waals surface area (Å²) < 4.78 is 5.82. The number of aromatic nitrogens is 1. The van der Waals surface area contributed by atoms with Gasteiger partial charge >= 0.3 is 0 Å². The fourth-order valence-electron chi connectivity index (χ4n) is 3.61. The van der Waals surface area contributed by atoms with E-state index in [1.807, 2.05) is 24.4 Å². The van der Waals surface area contributed by atoms with Gasteiger partial charge in [-0.3, -0.25) is 9.69 Å². The van der Waals surface area contributed by atoms with Crippen LogP contribution in [0.3, 0.4) is 0 Å². The van der Waals surface area contributed by atoms with Gasteiger partial charge in [0, 0.05) is 42.3 Å². The van der Waals surface area contributed by atoms with Crippen LogP contribution in [0.1, 0.15) is 33.3 Å². The molecule has 0 unspecified atom stereocenters. The van der Waals surface area contributed by atoms with E-state index in [0.29, 0.717) is 13.0 Å². The number of carbonyl (C=O) groups excluding carboxylic acids is 1. The van der Waals surface area contributed by atoms with E-state index in [-0.39, 0.29) is 23.7 Å². The van der Waals surface area contributed by atoms with Gasteiger partial charge in [-0.15, -0.1) is 0 Å². The molecule has 0 aliphatic carbocycles. The fraction of sp³-hybridized carbons (Fsp3) is 0.550. The van der Waals surface area contributed by atoms with Crippen LogP contribution in [-0.2, 0) is 16.0 Å². The molecule has 0 radical (unpaired) electrons. The van der Waals surface area contributed by atoms with E-state index in [1.165, 1.54) is 0 Å². The fourth-order valence-corrected chi connectivity index (χ4v) is 3.61. The number of para-hydroxylation sites is 1. The van der Waals surface area contributed by atoms with Crippen molar-refractivity contribution in [3.05, 3.63) is 36.0 Å². The Hall–Kier alpha value is -1.85. The molecule has 1 aliphatic heterocycles. The number of fused-ring (bicyclic) bond motifs is 1. The molecule has 0 bridgehead atoms. The molecule has 25 heavy (non-hydrogen) atoms. The smallest absolute Gasteiger partial charge is 0.224 e. The summed E-state index contributed by atoms with van der Waals surface area (Å²) in [6, 6.07) is 8.08. The standard InChI is InChI=1S/C20H29N3O2/c1-14-11-23(12-15(2)25-14)20(3,4)13-22-19(24)9-16-10-21-18-8-6-5-7-17(16)18/h5-8,10,14-15,21H,9,11-13H2,1-4H3,(H,22,24)/t14-,15-/m0/s1. The Kier molecular flexibility index (Phi) is 5.16. The topological polar surface area (TPSA) is 57.4 Å². The van der Waals surface area contributed by atoms with Crippen molar-refractivity contribution in [2.75, 3.05) is 19.6 Å². The number of hydrogen-bond donors (Lipinski definition) is 2. The highest BCUT2D eigenvalue weighted by Crippen LogP contribution is 2.21. The Morgan fingerprint density at radius 1 is 1.28 bits per heavy atom. The molecule has 1 amide bonds. The average molecular weight is 343 g/mol. The van der Waals surface area contributed by atoms with Crippen molar-refractivity contribution in [2.24, 2.45) is 0 Å². The Morgan fingerprint density at radius 2 is 1.96 bits per heavy atom. The zero-order valence-electron chi connectivity index (χ0n) is 15.6. The lowest BCUT2D eigenvalue weighted by molar-refractivity contribution is -0.122. The molecule has 136 valence electrons. The van der Waals surface area contributed by atoms with Gasteiger partial charge < -0.3 is 15.0 Å². The summed E-state index contributed by atoms with van der Waals surface area (Å²) in [7, 11) is 0. The van der Waals surface area contributed by atoms with E-state index < -0.39 is 0 Å². The van der Waals surface area contributed by atoms with Gasteiger partial charge in [0.1, 0.15) is 0 Å². The van der Waals surface area contributed by atoms with Gasteiger partial charge in [-0.1, -0.05) is 18.2 Å². The second-order valence-electron chi connectivity index (χ2n) is 7.79. The van der Waals surface area contributed by atoms with Crippen LogP contribution in [0, 0.1) is 0 Å². The van der Waals surface area contributed by atoms with Gasteiger partial charge in [-0.25, -0.2) is 0 Å². The highest BCUT2D eigenvalue weighted by atomic mass is 16.5. The van der Waals surface area contributed by atoms with Crippen molar-refractivity contribution in [3.63, 3.8) is 0 Å². The normalized spacial score (nSPS) is 22.2. The average Bonchev–Trinajstić information content (AvgIpc) is 2.95. The Balaban J connectivity index is 1.58. The summed E-state index contributed by atoms with van der Waals surface area (Å²) in [6.07, 6.45) is 2.78. The van der Waals surface area contributed by atoms with Crippen molar-refractivity contribution in [1.29, 1.82) is 0 Å². The molecule has 1 aliphatic rings. The van der Waals surface area contributed by atoms with Crippen LogP contribution in [0.25, 0.3) is 10.9 Å². The number of aromatic amines is 1. The van der Waals surface area contributed by atoms with Gasteiger partial charge in [0.15, 0.2) is 0 Å². The van der Waals surface area contributed by atoms with Crippen LogP contribution in [0.4, 0.5) is 0 Å². The number of rotatable bonds is 5. The molecule has 3 rings (SSSR count). The molecule has 2 aromatic rings. The van der Waals surface area contributed by atoms with Crippen LogP contribution in [0.2, 0.25) is 0 Å². The summed E-state index contributed by atoms with van der Waals surface area (Å²) in [5, 5.41) is 4.24. The number of nitrogens with zero attached hydrogens (tertiary/aromatic N) is 1. The summed E-state index contributed by atoms with van der Waals surface area (Å²) >= 11 is 0. The largest absolute Gasteiger partial charge is 0.373 e. The predicted molar refractivity (Wildman–Crippen MR) is 101 cm³/mol. The van der Waals surface area contributed by atoms with E-state index in [4.69, 9.17) is 4.74 Å². The van der Waals surface area contributed by atoms with E-state index in [0.717, 1.165) is 29.6 Å². The first-order chi connectivity index (χ1) is 11.8. The highest BCUT2D eigenvalue weighted by Gasteiger charge is 2.33. The first kappa shape index (κ1) is 18.0. The zero-order chi connectivity index (χ0) is 18.0. The number of amides is 1.